The molecule has 2 aromatic rings. The van der Waals surface area contributed by atoms with Crippen molar-refractivity contribution in [2.45, 2.75) is 12.3 Å². The van der Waals surface area contributed by atoms with E-state index in [-0.39, 0.29) is 17.9 Å². The molecule has 0 unspecified atom stereocenters. The van der Waals surface area contributed by atoms with Gasteiger partial charge in [-0.1, -0.05) is 0 Å². The highest BCUT2D eigenvalue weighted by atomic mass is 32.1. The van der Waals surface area contributed by atoms with E-state index in [4.69, 9.17) is 14.6 Å². The number of thiazole rings is 1. The maximum Gasteiger partial charge on any atom is 0.490 e. The Hall–Kier alpha value is -2.87. The Morgan fingerprint density at radius 1 is 1.16 bits per heavy atom. The lowest BCUT2D eigenvalue weighted by Crippen LogP contribution is -2.37. The van der Waals surface area contributed by atoms with Gasteiger partial charge in [0.25, 0.3) is 5.91 Å². The zero-order chi connectivity index (χ0) is 22.6. The van der Waals surface area contributed by atoms with Crippen LogP contribution in [0.5, 0.6) is 0 Å². The first kappa shape index (κ1) is 22.8. The predicted molar refractivity (Wildman–Crippen MR) is 99.1 cm³/mol. The van der Waals surface area contributed by atoms with Crippen LogP contribution < -0.4 is 4.90 Å². The van der Waals surface area contributed by atoms with Gasteiger partial charge in [-0.25, -0.2) is 24.1 Å². The quantitative estimate of drug-likeness (QED) is 0.671. The standard InChI is InChI=1S/C15H16FN5O2S.C2HF3O2/c16-11-3-17-15(18-4-11)21-6-10-5-20(1-2-23-13(10)7-21)14(22)12-8-24-9-19-12;3-2(4,5)1(6)7/h3-4,8-10,13H,1-2,5-7H2;(H,6,7)/t10-,13+;/m0./s1. The van der Waals surface area contributed by atoms with Gasteiger partial charge in [-0.2, -0.15) is 13.2 Å². The third-order valence-corrected chi connectivity index (χ3v) is 5.19. The van der Waals surface area contributed by atoms with Crippen molar-refractivity contribution in [2.24, 2.45) is 5.92 Å². The first-order chi connectivity index (χ1) is 14.6. The Balaban J connectivity index is 0.000000339. The van der Waals surface area contributed by atoms with Crippen molar-refractivity contribution < 1.29 is 37.0 Å². The molecule has 2 aliphatic rings. The first-order valence-corrected chi connectivity index (χ1v) is 9.91. The molecule has 2 aromatic heterocycles. The first-order valence-electron chi connectivity index (χ1n) is 8.97. The summed E-state index contributed by atoms with van der Waals surface area (Å²) < 4.78 is 50.6. The van der Waals surface area contributed by atoms with E-state index in [0.717, 1.165) is 12.4 Å². The number of carbonyl (C=O) groups excluding carboxylic acids is 1. The highest BCUT2D eigenvalue weighted by Crippen LogP contribution is 2.26. The SMILES string of the molecule is O=C(O)C(F)(F)F.O=C(c1cscn1)N1CCO[C@@H]2CN(c3ncc(F)cn3)C[C@@H]2C1. The average molecular weight is 463 g/mol. The number of amides is 1. The van der Waals surface area contributed by atoms with Gasteiger partial charge in [0, 0.05) is 37.5 Å². The Bertz CT molecular complexity index is 897. The number of alkyl halides is 3. The van der Waals surface area contributed by atoms with E-state index in [2.05, 4.69) is 15.0 Å². The summed E-state index contributed by atoms with van der Waals surface area (Å²) in [6.07, 6.45) is -2.74. The minimum Gasteiger partial charge on any atom is -0.475 e. The molecule has 2 atom stereocenters. The fourth-order valence-electron chi connectivity index (χ4n) is 3.19. The number of anilines is 1. The average Bonchev–Trinajstić information content (AvgIpc) is 3.34. The Labute approximate surface area is 177 Å². The number of aromatic nitrogens is 3. The van der Waals surface area contributed by atoms with E-state index in [1.165, 1.54) is 11.3 Å². The van der Waals surface area contributed by atoms with Crippen LogP contribution in [0, 0.1) is 11.7 Å². The largest absolute Gasteiger partial charge is 0.490 e. The Kier molecular flexibility index (Phi) is 7.00. The molecule has 0 saturated carbocycles. The molecular weight excluding hydrogens is 446 g/mol. The maximum atomic E-state index is 13.0. The molecule has 9 nitrogen and oxygen atoms in total. The van der Waals surface area contributed by atoms with Crippen LogP contribution in [0.25, 0.3) is 0 Å². The third kappa shape index (κ3) is 5.85. The van der Waals surface area contributed by atoms with Gasteiger partial charge in [0.2, 0.25) is 5.95 Å². The summed E-state index contributed by atoms with van der Waals surface area (Å²) in [6.45, 7) is 3.00. The van der Waals surface area contributed by atoms with Crippen LogP contribution in [0.15, 0.2) is 23.3 Å². The number of carboxylic acids is 1. The number of rotatable bonds is 2. The van der Waals surface area contributed by atoms with E-state index >= 15 is 0 Å². The summed E-state index contributed by atoms with van der Waals surface area (Å²) in [5, 5.41) is 8.89. The zero-order valence-electron chi connectivity index (χ0n) is 15.8. The summed E-state index contributed by atoms with van der Waals surface area (Å²) >= 11 is 1.41. The van der Waals surface area contributed by atoms with Gasteiger partial charge in [-0.3, -0.25) is 4.79 Å². The molecule has 1 amide bonds. The van der Waals surface area contributed by atoms with Crippen LogP contribution in [0.3, 0.4) is 0 Å². The fourth-order valence-corrected chi connectivity index (χ4v) is 3.72. The van der Waals surface area contributed by atoms with Crippen molar-refractivity contribution >= 4 is 29.2 Å². The predicted octanol–water partition coefficient (Wildman–Crippen LogP) is 1.68. The number of aliphatic carboxylic acids is 1. The van der Waals surface area contributed by atoms with Crippen LogP contribution in [0.1, 0.15) is 10.5 Å². The lowest BCUT2D eigenvalue weighted by molar-refractivity contribution is -0.192. The van der Waals surface area contributed by atoms with Crippen molar-refractivity contribution in [1.82, 2.24) is 19.9 Å². The van der Waals surface area contributed by atoms with Gasteiger partial charge >= 0.3 is 12.1 Å². The second kappa shape index (κ2) is 9.51. The zero-order valence-corrected chi connectivity index (χ0v) is 16.6. The normalized spacial score (nSPS) is 21.0. The van der Waals surface area contributed by atoms with Crippen molar-refractivity contribution in [1.29, 1.82) is 0 Å². The van der Waals surface area contributed by atoms with Crippen LogP contribution in [-0.2, 0) is 9.53 Å². The van der Waals surface area contributed by atoms with E-state index in [9.17, 15) is 22.4 Å². The molecule has 0 bridgehead atoms. The summed E-state index contributed by atoms with van der Waals surface area (Å²) in [7, 11) is 0. The number of carbonyl (C=O) groups is 2. The lowest BCUT2D eigenvalue weighted by atomic mass is 10.1. The molecule has 0 spiro atoms. The number of fused-ring (bicyclic) bond motifs is 1. The van der Waals surface area contributed by atoms with Gasteiger partial charge in [-0.05, 0) is 0 Å². The molecule has 4 heterocycles. The number of halogens is 4. The topological polar surface area (TPSA) is 109 Å². The molecule has 1 N–H and O–H groups in total. The van der Waals surface area contributed by atoms with E-state index in [1.807, 2.05) is 4.90 Å². The van der Waals surface area contributed by atoms with Gasteiger partial charge in [0.15, 0.2) is 5.82 Å². The fraction of sp³-hybridized carbons (Fsp3) is 0.471. The molecule has 0 radical (unpaired) electrons. The highest BCUT2D eigenvalue weighted by Gasteiger charge is 2.39. The monoisotopic (exact) mass is 463 g/mol. The number of hydrogen-bond acceptors (Lipinski definition) is 8. The van der Waals surface area contributed by atoms with Gasteiger partial charge < -0.3 is 19.6 Å². The molecule has 0 aromatic carbocycles. The maximum absolute atomic E-state index is 13.0. The number of hydrogen-bond donors (Lipinski definition) is 1. The molecule has 14 heteroatoms. The molecule has 4 rings (SSSR count). The number of ether oxygens (including phenoxy) is 1. The minimum atomic E-state index is -5.08. The minimum absolute atomic E-state index is 0.0203. The molecule has 0 aliphatic carbocycles. The second-order valence-corrected chi connectivity index (χ2v) is 7.42. The summed E-state index contributed by atoms with van der Waals surface area (Å²) in [5.74, 6) is -2.61. The Morgan fingerprint density at radius 3 is 2.42 bits per heavy atom. The summed E-state index contributed by atoms with van der Waals surface area (Å²) in [6, 6.07) is 0. The smallest absolute Gasteiger partial charge is 0.475 e. The van der Waals surface area contributed by atoms with Crippen molar-refractivity contribution in [3.8, 4) is 0 Å². The van der Waals surface area contributed by atoms with Crippen molar-refractivity contribution in [3.63, 3.8) is 0 Å². The van der Waals surface area contributed by atoms with Crippen molar-refractivity contribution in [3.05, 3.63) is 34.8 Å². The van der Waals surface area contributed by atoms with Crippen LogP contribution in [0.2, 0.25) is 0 Å². The third-order valence-electron chi connectivity index (χ3n) is 4.60. The number of nitrogens with zero attached hydrogens (tertiary/aromatic N) is 5. The second-order valence-electron chi connectivity index (χ2n) is 6.70. The van der Waals surface area contributed by atoms with Gasteiger partial charge in [0.1, 0.15) is 5.69 Å². The van der Waals surface area contributed by atoms with Crippen LogP contribution >= 0.6 is 11.3 Å². The molecule has 31 heavy (non-hydrogen) atoms. The van der Waals surface area contributed by atoms with Crippen LogP contribution in [-0.4, -0.2) is 81.9 Å². The summed E-state index contributed by atoms with van der Waals surface area (Å²) in [5.41, 5.74) is 2.14. The van der Waals surface area contributed by atoms with E-state index in [0.29, 0.717) is 44.4 Å². The summed E-state index contributed by atoms with van der Waals surface area (Å²) in [4.78, 5) is 37.4. The molecule has 2 fully saturated rings. The van der Waals surface area contributed by atoms with Crippen LogP contribution in [0.4, 0.5) is 23.5 Å². The van der Waals surface area contributed by atoms with Crippen molar-refractivity contribution in [2.75, 3.05) is 37.7 Å². The highest BCUT2D eigenvalue weighted by molar-refractivity contribution is 7.07. The molecular formula is C17H17F4N5O4S. The molecule has 168 valence electrons. The van der Waals surface area contributed by atoms with Gasteiger partial charge in [-0.15, -0.1) is 11.3 Å². The number of carboxylic acid groups (broad SMARTS) is 1. The lowest BCUT2D eigenvalue weighted by Gasteiger charge is -2.22. The molecule has 2 aliphatic heterocycles. The Morgan fingerprint density at radius 2 is 1.84 bits per heavy atom. The van der Waals surface area contributed by atoms with E-state index < -0.39 is 18.0 Å². The van der Waals surface area contributed by atoms with E-state index in [1.54, 1.807) is 15.8 Å². The van der Waals surface area contributed by atoms with Gasteiger partial charge in [0.05, 0.1) is 30.6 Å². The molecule has 2 saturated heterocycles.